The summed E-state index contributed by atoms with van der Waals surface area (Å²) in [6, 6.07) is 7.83. The first-order valence-electron chi connectivity index (χ1n) is 7.34. The number of hydrogen-bond donors (Lipinski definition) is 1. The Morgan fingerprint density at radius 3 is 3.09 bits per heavy atom. The van der Waals surface area contributed by atoms with Gasteiger partial charge in [0, 0.05) is 24.5 Å². The Hall–Kier alpha value is -1.92. The van der Waals surface area contributed by atoms with Crippen LogP contribution in [-0.2, 0) is 0 Å². The highest BCUT2D eigenvalue weighted by atomic mass is 32.1. The van der Waals surface area contributed by atoms with E-state index in [1.54, 1.807) is 7.11 Å². The molecule has 1 atom stereocenters. The fourth-order valence-electron chi connectivity index (χ4n) is 2.81. The zero-order chi connectivity index (χ0) is 15.5. The van der Waals surface area contributed by atoms with E-state index in [0.717, 1.165) is 35.7 Å². The molecule has 1 aromatic carbocycles. The number of benzene rings is 1. The first-order chi connectivity index (χ1) is 10.7. The number of hydrogen-bond acceptors (Lipinski definition) is 5. The summed E-state index contributed by atoms with van der Waals surface area (Å²) in [4.78, 5) is 19.0. The zero-order valence-electron chi connectivity index (χ0n) is 12.5. The van der Waals surface area contributed by atoms with Gasteiger partial charge in [0.15, 0.2) is 0 Å². The van der Waals surface area contributed by atoms with Crippen LogP contribution in [0.3, 0.4) is 0 Å². The fraction of sp³-hybridized carbons (Fsp3) is 0.375. The molecule has 0 bridgehead atoms. The summed E-state index contributed by atoms with van der Waals surface area (Å²) in [6.07, 6.45) is 1.99. The summed E-state index contributed by atoms with van der Waals surface area (Å²) in [6.45, 7) is 1.28. The van der Waals surface area contributed by atoms with E-state index >= 15 is 0 Å². The molecule has 1 aliphatic rings. The fourth-order valence-corrected chi connectivity index (χ4v) is 3.64. The SMILES string of the molecule is COc1ccccc1-c1nc(C(=O)N2CCCC2CN)cs1. The van der Waals surface area contributed by atoms with Gasteiger partial charge in [0.1, 0.15) is 16.5 Å². The van der Waals surface area contributed by atoms with Crippen LogP contribution in [-0.4, -0.2) is 42.0 Å². The minimum atomic E-state index is -0.0228. The van der Waals surface area contributed by atoms with Crippen LogP contribution in [0.25, 0.3) is 10.6 Å². The van der Waals surface area contributed by atoms with Crippen molar-refractivity contribution in [3.63, 3.8) is 0 Å². The van der Waals surface area contributed by atoms with Gasteiger partial charge in [0.25, 0.3) is 5.91 Å². The highest BCUT2D eigenvalue weighted by molar-refractivity contribution is 7.13. The molecule has 1 fully saturated rings. The van der Waals surface area contributed by atoms with Gasteiger partial charge in [0.05, 0.1) is 12.7 Å². The van der Waals surface area contributed by atoms with E-state index < -0.39 is 0 Å². The molecule has 2 aromatic rings. The van der Waals surface area contributed by atoms with Crippen LogP contribution in [0.15, 0.2) is 29.6 Å². The third-order valence-electron chi connectivity index (χ3n) is 3.97. The van der Waals surface area contributed by atoms with Gasteiger partial charge in [-0.3, -0.25) is 4.79 Å². The van der Waals surface area contributed by atoms with E-state index in [1.807, 2.05) is 34.5 Å². The summed E-state index contributed by atoms with van der Waals surface area (Å²) in [7, 11) is 1.63. The second-order valence-electron chi connectivity index (χ2n) is 5.27. The lowest BCUT2D eigenvalue weighted by Crippen LogP contribution is -2.40. The summed E-state index contributed by atoms with van der Waals surface area (Å²) in [5.74, 6) is 0.738. The topological polar surface area (TPSA) is 68.5 Å². The number of carbonyl (C=O) groups excluding carboxylic acids is 1. The van der Waals surface area contributed by atoms with Gasteiger partial charge < -0.3 is 15.4 Å². The summed E-state index contributed by atoms with van der Waals surface area (Å²) in [5, 5.41) is 2.61. The first kappa shape index (κ1) is 15.0. The van der Waals surface area contributed by atoms with E-state index in [0.29, 0.717) is 12.2 Å². The Morgan fingerprint density at radius 2 is 2.32 bits per heavy atom. The molecule has 1 aliphatic heterocycles. The standard InChI is InChI=1S/C16H19N3O2S/c1-21-14-7-3-2-6-12(14)15-18-13(10-22-15)16(20)19-8-4-5-11(19)9-17/h2-3,6-7,10-11H,4-5,8-9,17H2,1H3. The molecule has 1 unspecified atom stereocenters. The number of amides is 1. The number of likely N-dealkylation sites (tertiary alicyclic amines) is 1. The number of methoxy groups -OCH3 is 1. The van der Waals surface area contributed by atoms with Crippen molar-refractivity contribution in [1.82, 2.24) is 9.88 Å². The van der Waals surface area contributed by atoms with Crippen molar-refractivity contribution in [2.75, 3.05) is 20.2 Å². The molecule has 0 aliphatic carbocycles. The molecule has 6 heteroatoms. The number of nitrogens with zero attached hydrogens (tertiary/aromatic N) is 2. The molecule has 0 saturated carbocycles. The van der Waals surface area contributed by atoms with Crippen LogP contribution in [0.4, 0.5) is 0 Å². The number of rotatable bonds is 4. The van der Waals surface area contributed by atoms with Crippen molar-refractivity contribution in [3.8, 4) is 16.3 Å². The Balaban J connectivity index is 1.86. The van der Waals surface area contributed by atoms with E-state index in [9.17, 15) is 4.79 Å². The molecule has 0 radical (unpaired) electrons. The van der Waals surface area contributed by atoms with Crippen LogP contribution in [0.5, 0.6) is 5.75 Å². The van der Waals surface area contributed by atoms with E-state index in [4.69, 9.17) is 10.5 Å². The molecular weight excluding hydrogens is 298 g/mol. The van der Waals surface area contributed by atoms with Gasteiger partial charge in [-0.1, -0.05) is 12.1 Å². The van der Waals surface area contributed by atoms with Gasteiger partial charge in [-0.05, 0) is 25.0 Å². The molecule has 1 aromatic heterocycles. The Labute approximate surface area is 133 Å². The van der Waals surface area contributed by atoms with Gasteiger partial charge in [-0.15, -0.1) is 11.3 Å². The number of nitrogens with two attached hydrogens (primary N) is 1. The third kappa shape index (κ3) is 2.71. The second-order valence-corrected chi connectivity index (χ2v) is 6.13. The number of ether oxygens (including phenoxy) is 1. The smallest absolute Gasteiger partial charge is 0.273 e. The monoisotopic (exact) mass is 317 g/mol. The Morgan fingerprint density at radius 1 is 1.50 bits per heavy atom. The lowest BCUT2D eigenvalue weighted by molar-refractivity contribution is 0.0736. The highest BCUT2D eigenvalue weighted by Crippen LogP contribution is 2.32. The van der Waals surface area contributed by atoms with Crippen LogP contribution in [0.2, 0.25) is 0 Å². The average Bonchev–Trinajstić information content (AvgIpc) is 3.23. The van der Waals surface area contributed by atoms with Gasteiger partial charge in [0.2, 0.25) is 0 Å². The number of thiazole rings is 1. The molecular formula is C16H19N3O2S. The van der Waals surface area contributed by atoms with Crippen molar-refractivity contribution < 1.29 is 9.53 Å². The molecule has 116 valence electrons. The van der Waals surface area contributed by atoms with E-state index in [-0.39, 0.29) is 11.9 Å². The molecule has 1 amide bonds. The Bertz CT molecular complexity index is 671. The molecule has 1 saturated heterocycles. The maximum atomic E-state index is 12.6. The van der Waals surface area contributed by atoms with Crippen LogP contribution in [0, 0.1) is 0 Å². The van der Waals surface area contributed by atoms with Crippen molar-refractivity contribution in [2.45, 2.75) is 18.9 Å². The number of para-hydroxylation sites is 1. The molecule has 2 heterocycles. The first-order valence-corrected chi connectivity index (χ1v) is 8.22. The number of carbonyl (C=O) groups is 1. The maximum Gasteiger partial charge on any atom is 0.273 e. The number of aromatic nitrogens is 1. The van der Waals surface area contributed by atoms with Crippen LogP contribution in [0.1, 0.15) is 23.3 Å². The quantitative estimate of drug-likeness (QED) is 0.940. The maximum absolute atomic E-state index is 12.6. The predicted octanol–water partition coefficient (Wildman–Crippen LogP) is 2.38. The molecule has 2 N–H and O–H groups in total. The van der Waals surface area contributed by atoms with E-state index in [2.05, 4.69) is 4.98 Å². The van der Waals surface area contributed by atoms with Crippen molar-refractivity contribution in [3.05, 3.63) is 35.3 Å². The predicted molar refractivity (Wildman–Crippen MR) is 87.2 cm³/mol. The van der Waals surface area contributed by atoms with Gasteiger partial charge in [-0.2, -0.15) is 0 Å². The summed E-state index contributed by atoms with van der Waals surface area (Å²) in [5.41, 5.74) is 7.15. The normalized spacial score (nSPS) is 17.7. The van der Waals surface area contributed by atoms with Gasteiger partial charge in [-0.25, -0.2) is 4.98 Å². The molecule has 0 spiro atoms. The second kappa shape index (κ2) is 6.46. The van der Waals surface area contributed by atoms with Gasteiger partial charge >= 0.3 is 0 Å². The van der Waals surface area contributed by atoms with E-state index in [1.165, 1.54) is 11.3 Å². The van der Waals surface area contributed by atoms with Crippen molar-refractivity contribution >= 4 is 17.2 Å². The lowest BCUT2D eigenvalue weighted by atomic mass is 10.2. The van der Waals surface area contributed by atoms with Crippen LogP contribution >= 0.6 is 11.3 Å². The minimum Gasteiger partial charge on any atom is -0.496 e. The summed E-state index contributed by atoms with van der Waals surface area (Å²) >= 11 is 1.46. The van der Waals surface area contributed by atoms with Crippen LogP contribution < -0.4 is 10.5 Å². The zero-order valence-corrected chi connectivity index (χ0v) is 13.3. The largest absolute Gasteiger partial charge is 0.496 e. The highest BCUT2D eigenvalue weighted by Gasteiger charge is 2.29. The lowest BCUT2D eigenvalue weighted by Gasteiger charge is -2.22. The Kier molecular flexibility index (Phi) is 4.40. The van der Waals surface area contributed by atoms with Crippen molar-refractivity contribution in [2.24, 2.45) is 5.73 Å². The third-order valence-corrected chi connectivity index (χ3v) is 4.85. The average molecular weight is 317 g/mol. The molecule has 22 heavy (non-hydrogen) atoms. The minimum absolute atomic E-state index is 0.0228. The summed E-state index contributed by atoms with van der Waals surface area (Å²) < 4.78 is 5.36. The molecule has 5 nitrogen and oxygen atoms in total. The molecule has 3 rings (SSSR count). The van der Waals surface area contributed by atoms with Crippen molar-refractivity contribution in [1.29, 1.82) is 0 Å².